The van der Waals surface area contributed by atoms with Crippen molar-refractivity contribution < 1.29 is 27.2 Å². The molecule has 1 aliphatic rings. The number of amides is 2. The molecule has 4 rings (SSSR count). The molecule has 0 unspecified atom stereocenters. The lowest BCUT2D eigenvalue weighted by Crippen LogP contribution is -2.41. The predicted octanol–water partition coefficient (Wildman–Crippen LogP) is 3.11. The van der Waals surface area contributed by atoms with Gasteiger partial charge in [0, 0.05) is 18.7 Å². The highest BCUT2D eigenvalue weighted by molar-refractivity contribution is 7.89. The fourth-order valence-electron chi connectivity index (χ4n) is 3.55. The number of benzene rings is 2. The van der Waals surface area contributed by atoms with Gasteiger partial charge in [-0.3, -0.25) is 20.4 Å². The van der Waals surface area contributed by atoms with Crippen LogP contribution in [-0.4, -0.2) is 37.6 Å². The predicted molar refractivity (Wildman–Crippen MR) is 123 cm³/mol. The molecular weight excluding hydrogens is 458 g/mol. The zero-order valence-corrected chi connectivity index (χ0v) is 19.2. The second kappa shape index (κ2) is 10.5. The van der Waals surface area contributed by atoms with Crippen LogP contribution >= 0.6 is 0 Å². The normalized spacial score (nSPS) is 14.4. The SMILES string of the molecule is O=C(NNC(=O)c1ccc(COc2ccccc2)o1)c1cccc(S(=O)(=O)N2CCCCC2)c1. The van der Waals surface area contributed by atoms with E-state index in [2.05, 4.69) is 10.9 Å². The molecule has 0 bridgehead atoms. The van der Waals surface area contributed by atoms with E-state index in [9.17, 15) is 18.0 Å². The van der Waals surface area contributed by atoms with Crippen LogP contribution in [-0.2, 0) is 16.6 Å². The van der Waals surface area contributed by atoms with E-state index in [1.165, 1.54) is 34.6 Å². The van der Waals surface area contributed by atoms with Crippen molar-refractivity contribution in [2.45, 2.75) is 30.8 Å². The number of hydrogen-bond donors (Lipinski definition) is 2. The van der Waals surface area contributed by atoms with Crippen molar-refractivity contribution in [1.82, 2.24) is 15.2 Å². The topological polar surface area (TPSA) is 118 Å². The summed E-state index contributed by atoms with van der Waals surface area (Å²) in [5, 5.41) is 0. The van der Waals surface area contributed by atoms with Crippen LogP contribution in [0, 0.1) is 0 Å². The molecule has 0 saturated carbocycles. The Hall–Kier alpha value is -3.63. The quantitative estimate of drug-likeness (QED) is 0.499. The zero-order valence-electron chi connectivity index (χ0n) is 18.4. The minimum atomic E-state index is -3.68. The first kappa shape index (κ1) is 23.5. The molecule has 0 spiro atoms. The number of furan rings is 1. The Morgan fingerprint density at radius 3 is 2.38 bits per heavy atom. The van der Waals surface area contributed by atoms with Gasteiger partial charge in [-0.15, -0.1) is 0 Å². The van der Waals surface area contributed by atoms with Crippen LogP contribution in [0.1, 0.15) is 45.9 Å². The third kappa shape index (κ3) is 5.64. The second-order valence-electron chi connectivity index (χ2n) is 7.77. The van der Waals surface area contributed by atoms with Crippen LogP contribution in [0.25, 0.3) is 0 Å². The smallest absolute Gasteiger partial charge is 0.305 e. The van der Waals surface area contributed by atoms with E-state index in [1.807, 2.05) is 18.2 Å². The fourth-order valence-corrected chi connectivity index (χ4v) is 5.11. The first-order valence-electron chi connectivity index (χ1n) is 10.9. The van der Waals surface area contributed by atoms with Crippen molar-refractivity contribution in [3.8, 4) is 5.75 Å². The molecular formula is C24H25N3O6S. The molecule has 2 amide bonds. The zero-order chi connectivity index (χ0) is 24.0. The van der Waals surface area contributed by atoms with E-state index < -0.39 is 21.8 Å². The number of hydrogen-bond acceptors (Lipinski definition) is 6. The largest absolute Gasteiger partial charge is 0.486 e. The van der Waals surface area contributed by atoms with Gasteiger partial charge in [0.05, 0.1) is 4.90 Å². The van der Waals surface area contributed by atoms with E-state index in [4.69, 9.17) is 9.15 Å². The molecule has 1 saturated heterocycles. The van der Waals surface area contributed by atoms with Gasteiger partial charge in [0.25, 0.3) is 5.91 Å². The number of ether oxygens (including phenoxy) is 1. The van der Waals surface area contributed by atoms with Gasteiger partial charge in [0.1, 0.15) is 18.1 Å². The molecule has 2 N–H and O–H groups in total. The van der Waals surface area contributed by atoms with Crippen molar-refractivity contribution >= 4 is 21.8 Å². The number of rotatable bonds is 7. The van der Waals surface area contributed by atoms with Crippen LogP contribution in [0.15, 0.2) is 76.0 Å². The first-order valence-corrected chi connectivity index (χ1v) is 12.3. The summed E-state index contributed by atoms with van der Waals surface area (Å²) in [4.78, 5) is 24.9. The number of carbonyl (C=O) groups excluding carboxylic acids is 2. The maximum atomic E-state index is 12.9. The van der Waals surface area contributed by atoms with Crippen molar-refractivity contribution in [1.29, 1.82) is 0 Å². The summed E-state index contributed by atoms with van der Waals surface area (Å²) in [7, 11) is -3.68. The standard InChI is InChI=1S/C24H25N3O6S/c28-23(18-8-7-11-21(16-18)34(30,31)27-14-5-2-6-15-27)25-26-24(29)22-13-12-20(33-22)17-32-19-9-3-1-4-10-19/h1,3-4,7-13,16H,2,5-6,14-15,17H2,(H,25,28)(H,26,29). The van der Waals surface area contributed by atoms with E-state index in [0.29, 0.717) is 24.6 Å². The Morgan fingerprint density at radius 2 is 1.62 bits per heavy atom. The molecule has 9 nitrogen and oxygen atoms in total. The van der Waals surface area contributed by atoms with Gasteiger partial charge in [0.15, 0.2) is 5.76 Å². The molecule has 3 aromatic rings. The van der Waals surface area contributed by atoms with Crippen molar-refractivity contribution in [3.05, 3.63) is 83.8 Å². The van der Waals surface area contributed by atoms with E-state index in [-0.39, 0.29) is 22.8 Å². The molecule has 1 aromatic heterocycles. The highest BCUT2D eigenvalue weighted by Gasteiger charge is 2.26. The maximum absolute atomic E-state index is 12.9. The minimum Gasteiger partial charge on any atom is -0.486 e. The van der Waals surface area contributed by atoms with Gasteiger partial charge in [-0.05, 0) is 55.3 Å². The number of nitrogens with one attached hydrogen (secondary N) is 2. The number of piperidine rings is 1. The summed E-state index contributed by atoms with van der Waals surface area (Å²) >= 11 is 0. The molecule has 2 heterocycles. The lowest BCUT2D eigenvalue weighted by molar-refractivity contribution is 0.0828. The van der Waals surface area contributed by atoms with E-state index in [0.717, 1.165) is 19.3 Å². The molecule has 2 aromatic carbocycles. The Morgan fingerprint density at radius 1 is 0.882 bits per heavy atom. The molecule has 10 heteroatoms. The number of para-hydroxylation sites is 1. The van der Waals surface area contributed by atoms with Crippen molar-refractivity contribution in [2.24, 2.45) is 0 Å². The molecule has 0 aliphatic carbocycles. The summed E-state index contributed by atoms with van der Waals surface area (Å²) in [6, 6.07) is 18.0. The van der Waals surface area contributed by atoms with Gasteiger partial charge in [-0.25, -0.2) is 8.42 Å². The third-order valence-corrected chi connectivity index (χ3v) is 7.24. The monoisotopic (exact) mass is 483 g/mol. The first-order chi connectivity index (χ1) is 16.4. The van der Waals surface area contributed by atoms with Crippen molar-refractivity contribution in [2.75, 3.05) is 13.1 Å². The molecule has 1 fully saturated rings. The molecule has 1 aliphatic heterocycles. The molecule has 34 heavy (non-hydrogen) atoms. The van der Waals surface area contributed by atoms with E-state index >= 15 is 0 Å². The number of sulfonamides is 1. The fraction of sp³-hybridized carbons (Fsp3) is 0.250. The lowest BCUT2D eigenvalue weighted by Gasteiger charge is -2.26. The van der Waals surface area contributed by atoms with Crippen LogP contribution in [0.3, 0.4) is 0 Å². The van der Waals surface area contributed by atoms with Crippen LogP contribution in [0.4, 0.5) is 0 Å². The molecule has 0 radical (unpaired) electrons. The van der Waals surface area contributed by atoms with Gasteiger partial charge < -0.3 is 9.15 Å². The van der Waals surface area contributed by atoms with Crippen LogP contribution in [0.2, 0.25) is 0 Å². The summed E-state index contributed by atoms with van der Waals surface area (Å²) in [5.74, 6) is -0.203. The Balaban J connectivity index is 1.33. The highest BCUT2D eigenvalue weighted by atomic mass is 32.2. The number of nitrogens with zero attached hydrogens (tertiary/aromatic N) is 1. The van der Waals surface area contributed by atoms with Gasteiger partial charge in [-0.1, -0.05) is 30.7 Å². The average molecular weight is 484 g/mol. The molecule has 178 valence electrons. The summed E-state index contributed by atoms with van der Waals surface area (Å²) in [6.45, 7) is 1.08. The summed E-state index contributed by atoms with van der Waals surface area (Å²) in [5.41, 5.74) is 4.66. The Bertz CT molecular complexity index is 1250. The Labute approximate surface area is 197 Å². The lowest BCUT2D eigenvalue weighted by atomic mass is 10.2. The maximum Gasteiger partial charge on any atom is 0.305 e. The van der Waals surface area contributed by atoms with Gasteiger partial charge in [-0.2, -0.15) is 4.31 Å². The van der Waals surface area contributed by atoms with Crippen LogP contribution < -0.4 is 15.6 Å². The van der Waals surface area contributed by atoms with Gasteiger partial charge in [0.2, 0.25) is 10.0 Å². The summed E-state index contributed by atoms with van der Waals surface area (Å²) in [6.07, 6.45) is 2.64. The Kier molecular flexibility index (Phi) is 7.29. The van der Waals surface area contributed by atoms with E-state index in [1.54, 1.807) is 18.2 Å². The average Bonchev–Trinajstić information content (AvgIpc) is 3.36. The minimum absolute atomic E-state index is 0.00612. The van der Waals surface area contributed by atoms with Crippen molar-refractivity contribution in [3.63, 3.8) is 0 Å². The highest BCUT2D eigenvalue weighted by Crippen LogP contribution is 2.21. The molecule has 0 atom stereocenters. The summed E-state index contributed by atoms with van der Waals surface area (Å²) < 4.78 is 38.2. The number of hydrazine groups is 1. The second-order valence-corrected chi connectivity index (χ2v) is 9.71. The van der Waals surface area contributed by atoms with Crippen LogP contribution in [0.5, 0.6) is 5.75 Å². The van der Waals surface area contributed by atoms with Gasteiger partial charge >= 0.3 is 5.91 Å². The third-order valence-electron chi connectivity index (χ3n) is 5.35. The number of carbonyl (C=O) groups is 2.